The Morgan fingerprint density at radius 2 is 2.09 bits per heavy atom. The third kappa shape index (κ3) is 3.27. The lowest BCUT2D eigenvalue weighted by molar-refractivity contribution is 0.0683. The first-order chi connectivity index (χ1) is 10.2. The van der Waals surface area contributed by atoms with E-state index in [0.717, 1.165) is 18.2 Å². The van der Waals surface area contributed by atoms with Crippen LogP contribution in [0.3, 0.4) is 0 Å². The number of carbonyl (C=O) groups is 2. The van der Waals surface area contributed by atoms with Crippen LogP contribution in [0, 0.1) is 5.82 Å². The maximum atomic E-state index is 14.0. The average Bonchev–Trinajstić information content (AvgIpc) is 2.79. The molecular formula is C14H16FNO5S. The number of rotatable bonds is 4. The molecule has 1 saturated heterocycles. The number of hydrogen-bond acceptors (Lipinski definition) is 4. The van der Waals surface area contributed by atoms with E-state index in [2.05, 4.69) is 0 Å². The minimum atomic E-state index is -3.16. The summed E-state index contributed by atoms with van der Waals surface area (Å²) in [5.74, 6) is -2.95. The molecule has 1 aliphatic rings. The van der Waals surface area contributed by atoms with Crippen molar-refractivity contribution in [3.05, 3.63) is 35.1 Å². The Balaban J connectivity index is 2.28. The molecule has 0 saturated carbocycles. The number of carboxylic acids is 1. The van der Waals surface area contributed by atoms with Gasteiger partial charge in [0.05, 0.1) is 22.6 Å². The molecule has 1 heterocycles. The van der Waals surface area contributed by atoms with Gasteiger partial charge in [-0.2, -0.15) is 0 Å². The Morgan fingerprint density at radius 1 is 1.41 bits per heavy atom. The summed E-state index contributed by atoms with van der Waals surface area (Å²) in [6.45, 7) is 1.94. The fourth-order valence-electron chi connectivity index (χ4n) is 2.57. The highest BCUT2D eigenvalue weighted by molar-refractivity contribution is 7.91. The van der Waals surface area contributed by atoms with E-state index < -0.39 is 33.6 Å². The normalized spacial score (nSPS) is 19.8. The van der Waals surface area contributed by atoms with Gasteiger partial charge in [0, 0.05) is 12.6 Å². The summed E-state index contributed by atoms with van der Waals surface area (Å²) in [5.41, 5.74) is -0.503. The first kappa shape index (κ1) is 16.4. The molecule has 2 rings (SSSR count). The van der Waals surface area contributed by atoms with Crippen molar-refractivity contribution in [3.63, 3.8) is 0 Å². The van der Waals surface area contributed by atoms with Gasteiger partial charge >= 0.3 is 5.97 Å². The van der Waals surface area contributed by atoms with Gasteiger partial charge in [0.25, 0.3) is 5.91 Å². The molecule has 0 spiro atoms. The largest absolute Gasteiger partial charge is 0.478 e. The smallest absolute Gasteiger partial charge is 0.335 e. The van der Waals surface area contributed by atoms with Gasteiger partial charge in [0.1, 0.15) is 5.82 Å². The van der Waals surface area contributed by atoms with E-state index in [9.17, 15) is 22.4 Å². The Bertz CT molecular complexity index is 716. The van der Waals surface area contributed by atoms with Gasteiger partial charge in [-0.25, -0.2) is 17.6 Å². The van der Waals surface area contributed by atoms with Crippen molar-refractivity contribution in [1.29, 1.82) is 0 Å². The van der Waals surface area contributed by atoms with Gasteiger partial charge < -0.3 is 10.0 Å². The van der Waals surface area contributed by atoms with Crippen molar-refractivity contribution in [1.82, 2.24) is 4.90 Å². The van der Waals surface area contributed by atoms with E-state index in [1.54, 1.807) is 6.92 Å². The highest BCUT2D eigenvalue weighted by Gasteiger charge is 2.34. The summed E-state index contributed by atoms with van der Waals surface area (Å²) in [6.07, 6.45) is 0.330. The second-order valence-electron chi connectivity index (χ2n) is 5.15. The molecule has 0 aliphatic carbocycles. The van der Waals surface area contributed by atoms with Crippen LogP contribution in [0.2, 0.25) is 0 Å². The van der Waals surface area contributed by atoms with E-state index in [1.165, 1.54) is 4.90 Å². The number of halogens is 1. The van der Waals surface area contributed by atoms with E-state index in [4.69, 9.17) is 5.11 Å². The molecule has 120 valence electrons. The standard InChI is InChI=1S/C14H16FNO5S/c1-2-16(10-5-6-22(20,21)8-10)13(17)11-4-3-9(14(18)19)7-12(11)15/h3-4,7,10H,2,5-6,8H2,1H3,(H,18,19). The molecular weight excluding hydrogens is 313 g/mol. The summed E-state index contributed by atoms with van der Waals surface area (Å²) in [4.78, 5) is 24.5. The highest BCUT2D eigenvalue weighted by atomic mass is 32.2. The quantitative estimate of drug-likeness (QED) is 0.895. The topological polar surface area (TPSA) is 91.8 Å². The molecule has 0 bridgehead atoms. The molecule has 0 aromatic heterocycles. The molecule has 6 nitrogen and oxygen atoms in total. The van der Waals surface area contributed by atoms with Crippen LogP contribution in [0.1, 0.15) is 34.1 Å². The zero-order chi connectivity index (χ0) is 16.5. The van der Waals surface area contributed by atoms with E-state index in [-0.39, 0.29) is 29.2 Å². The molecule has 1 atom stereocenters. The number of carbonyl (C=O) groups excluding carboxylic acids is 1. The average molecular weight is 329 g/mol. The van der Waals surface area contributed by atoms with Crippen LogP contribution in [-0.2, 0) is 9.84 Å². The second-order valence-corrected chi connectivity index (χ2v) is 7.38. The third-order valence-corrected chi connectivity index (χ3v) is 5.45. The Kier molecular flexibility index (Phi) is 4.50. The highest BCUT2D eigenvalue weighted by Crippen LogP contribution is 2.21. The molecule has 1 amide bonds. The first-order valence-corrected chi connectivity index (χ1v) is 8.61. The molecule has 1 N–H and O–H groups in total. The van der Waals surface area contributed by atoms with Crippen LogP contribution >= 0.6 is 0 Å². The second kappa shape index (κ2) is 6.04. The summed E-state index contributed by atoms with van der Waals surface area (Å²) in [5, 5.41) is 8.80. The van der Waals surface area contributed by atoms with Crippen LogP contribution in [0.4, 0.5) is 4.39 Å². The molecule has 0 radical (unpaired) electrons. The van der Waals surface area contributed by atoms with Gasteiger partial charge in [-0.1, -0.05) is 0 Å². The SMILES string of the molecule is CCN(C(=O)c1ccc(C(=O)O)cc1F)C1CCS(=O)(=O)C1. The fraction of sp³-hybridized carbons (Fsp3) is 0.429. The van der Waals surface area contributed by atoms with Crippen molar-refractivity contribution >= 4 is 21.7 Å². The van der Waals surface area contributed by atoms with Crippen LogP contribution in [0.15, 0.2) is 18.2 Å². The van der Waals surface area contributed by atoms with Crippen molar-refractivity contribution in [3.8, 4) is 0 Å². The number of hydrogen-bond donors (Lipinski definition) is 1. The summed E-state index contributed by atoms with van der Waals surface area (Å²) >= 11 is 0. The summed E-state index contributed by atoms with van der Waals surface area (Å²) < 4.78 is 37.0. The molecule has 22 heavy (non-hydrogen) atoms. The van der Waals surface area contributed by atoms with Gasteiger partial charge in [-0.15, -0.1) is 0 Å². The Hall–Kier alpha value is -1.96. The Morgan fingerprint density at radius 3 is 2.55 bits per heavy atom. The zero-order valence-electron chi connectivity index (χ0n) is 12.0. The summed E-state index contributed by atoms with van der Waals surface area (Å²) in [7, 11) is -3.16. The lowest BCUT2D eigenvalue weighted by atomic mass is 10.1. The number of aromatic carboxylic acids is 1. The first-order valence-electron chi connectivity index (χ1n) is 6.79. The van der Waals surface area contributed by atoms with E-state index >= 15 is 0 Å². The minimum absolute atomic E-state index is 0.0158. The number of benzene rings is 1. The predicted molar refractivity (Wildman–Crippen MR) is 77.1 cm³/mol. The zero-order valence-corrected chi connectivity index (χ0v) is 12.8. The number of carboxylic acid groups (broad SMARTS) is 1. The maximum Gasteiger partial charge on any atom is 0.335 e. The lowest BCUT2D eigenvalue weighted by Gasteiger charge is -2.27. The van der Waals surface area contributed by atoms with Crippen molar-refractivity contribution in [2.24, 2.45) is 0 Å². The molecule has 1 aromatic rings. The summed E-state index contributed by atoms with van der Waals surface area (Å²) in [6, 6.07) is 2.58. The van der Waals surface area contributed by atoms with Gasteiger partial charge in [0.15, 0.2) is 9.84 Å². The minimum Gasteiger partial charge on any atom is -0.478 e. The van der Waals surface area contributed by atoms with Crippen LogP contribution in [0.25, 0.3) is 0 Å². The molecule has 1 aromatic carbocycles. The third-order valence-electron chi connectivity index (χ3n) is 3.70. The van der Waals surface area contributed by atoms with E-state index in [1.807, 2.05) is 0 Å². The van der Waals surface area contributed by atoms with Crippen LogP contribution in [-0.4, -0.2) is 54.4 Å². The molecule has 1 fully saturated rings. The van der Waals surface area contributed by atoms with Crippen molar-refractivity contribution < 1.29 is 27.5 Å². The van der Waals surface area contributed by atoms with Gasteiger partial charge in [-0.05, 0) is 31.5 Å². The van der Waals surface area contributed by atoms with Gasteiger partial charge in [0.2, 0.25) is 0 Å². The Labute approximate surface area is 127 Å². The fourth-order valence-corrected chi connectivity index (χ4v) is 4.30. The lowest BCUT2D eigenvalue weighted by Crippen LogP contribution is -2.41. The van der Waals surface area contributed by atoms with Gasteiger partial charge in [-0.3, -0.25) is 4.79 Å². The number of nitrogens with zero attached hydrogens (tertiary/aromatic N) is 1. The number of amides is 1. The predicted octanol–water partition coefficient (Wildman–Crippen LogP) is 1.17. The molecule has 1 aliphatic heterocycles. The molecule has 1 unspecified atom stereocenters. The van der Waals surface area contributed by atoms with Crippen LogP contribution < -0.4 is 0 Å². The van der Waals surface area contributed by atoms with Crippen molar-refractivity contribution in [2.75, 3.05) is 18.1 Å². The molecule has 8 heteroatoms. The number of sulfone groups is 1. The monoisotopic (exact) mass is 329 g/mol. The van der Waals surface area contributed by atoms with Crippen LogP contribution in [0.5, 0.6) is 0 Å². The maximum absolute atomic E-state index is 14.0. The van der Waals surface area contributed by atoms with E-state index in [0.29, 0.717) is 6.42 Å². The van der Waals surface area contributed by atoms with Crippen molar-refractivity contribution in [2.45, 2.75) is 19.4 Å².